The molecule has 2 aromatic rings. The lowest BCUT2D eigenvalue weighted by atomic mass is 9.76. The predicted molar refractivity (Wildman–Crippen MR) is 118 cm³/mol. The minimum atomic E-state index is -4.21. The Morgan fingerprint density at radius 2 is 1.78 bits per heavy atom. The molecule has 3 atom stereocenters. The summed E-state index contributed by atoms with van der Waals surface area (Å²) in [5, 5.41) is 13.5. The molecule has 7 nitrogen and oxygen atoms in total. The maximum atomic E-state index is 13.0. The molecule has 0 spiro atoms. The van der Waals surface area contributed by atoms with Gasteiger partial charge in [0.2, 0.25) is 5.09 Å². The number of benzene rings is 1. The maximum Gasteiger partial charge on any atom is 0.333 e. The SMILES string of the molecule is C[C@@]1(O)c2cc(S(=O)(=O)NC(=O)Nc3c4c(cc5c3CCC5)CCC4)oc2[C@@H]2CC[C@H]1C2. The van der Waals surface area contributed by atoms with E-state index < -0.39 is 21.7 Å². The van der Waals surface area contributed by atoms with Crippen molar-refractivity contribution in [3.8, 4) is 0 Å². The second-order valence-electron chi connectivity index (χ2n) is 9.99. The molecule has 0 radical (unpaired) electrons. The summed E-state index contributed by atoms with van der Waals surface area (Å²) in [5.74, 6) is 0.775. The first-order chi connectivity index (χ1) is 15.2. The highest BCUT2D eigenvalue weighted by Crippen LogP contribution is 2.55. The Morgan fingerprint density at radius 3 is 2.47 bits per heavy atom. The standard InChI is InChI=1S/C24H28N2O5S/c1-24(28)16-9-8-15(11-16)22-19(24)12-20(31-22)32(29,30)26-23(27)25-21-17-6-2-4-13(17)10-14-5-3-7-18(14)21/h10,12,15-16,28H,2-9,11H2,1H3,(H2,25,26,27)/t15-,16+,24+/m1/s1. The molecular weight excluding hydrogens is 428 g/mol. The van der Waals surface area contributed by atoms with E-state index in [9.17, 15) is 18.3 Å². The molecule has 0 saturated heterocycles. The molecule has 2 bridgehead atoms. The van der Waals surface area contributed by atoms with E-state index in [1.54, 1.807) is 6.92 Å². The number of fused-ring (bicyclic) bond motifs is 6. The van der Waals surface area contributed by atoms with Crippen molar-refractivity contribution in [2.45, 2.75) is 81.3 Å². The Morgan fingerprint density at radius 1 is 1.09 bits per heavy atom. The normalized spacial score (nSPS) is 27.7. The fraction of sp³-hybridized carbons (Fsp3) is 0.542. The number of furan rings is 1. The number of rotatable bonds is 3. The first-order valence-electron chi connectivity index (χ1n) is 11.6. The molecule has 32 heavy (non-hydrogen) atoms. The summed E-state index contributed by atoms with van der Waals surface area (Å²) in [6, 6.07) is 2.88. The Bertz CT molecular complexity index is 1210. The van der Waals surface area contributed by atoms with Crippen molar-refractivity contribution in [1.29, 1.82) is 0 Å². The minimum absolute atomic E-state index is 0.103. The smallest absolute Gasteiger partial charge is 0.333 e. The van der Waals surface area contributed by atoms with Gasteiger partial charge in [-0.1, -0.05) is 6.07 Å². The van der Waals surface area contributed by atoms with Crippen LogP contribution in [-0.2, 0) is 41.3 Å². The summed E-state index contributed by atoms with van der Waals surface area (Å²) in [6.07, 6.45) is 8.45. The molecule has 0 unspecified atom stereocenters. The van der Waals surface area contributed by atoms with Gasteiger partial charge in [0, 0.05) is 23.2 Å². The number of carbonyl (C=O) groups excluding carboxylic acids is 1. The Labute approximate surface area is 187 Å². The first-order valence-corrected chi connectivity index (χ1v) is 13.1. The summed E-state index contributed by atoms with van der Waals surface area (Å²) >= 11 is 0. The van der Waals surface area contributed by atoms with E-state index >= 15 is 0 Å². The van der Waals surface area contributed by atoms with Crippen LogP contribution in [0.1, 0.15) is 78.5 Å². The number of urea groups is 1. The van der Waals surface area contributed by atoms with Gasteiger partial charge >= 0.3 is 6.03 Å². The highest BCUT2D eigenvalue weighted by atomic mass is 32.2. The molecule has 8 heteroatoms. The fourth-order valence-corrected chi connectivity index (χ4v) is 7.31. The summed E-state index contributed by atoms with van der Waals surface area (Å²) in [4.78, 5) is 12.8. The zero-order valence-corrected chi connectivity index (χ0v) is 19.0. The molecule has 6 rings (SSSR count). The van der Waals surface area contributed by atoms with E-state index in [0.717, 1.165) is 74.6 Å². The van der Waals surface area contributed by atoms with E-state index in [4.69, 9.17) is 4.42 Å². The highest BCUT2D eigenvalue weighted by molar-refractivity contribution is 7.89. The lowest BCUT2D eigenvalue weighted by molar-refractivity contribution is -0.0115. The highest BCUT2D eigenvalue weighted by Gasteiger charge is 2.49. The van der Waals surface area contributed by atoms with Gasteiger partial charge in [0.05, 0.1) is 5.60 Å². The number of nitrogens with one attached hydrogen (secondary N) is 2. The minimum Gasteiger partial charge on any atom is -0.447 e. The zero-order chi connectivity index (χ0) is 22.3. The van der Waals surface area contributed by atoms with Crippen LogP contribution in [0.5, 0.6) is 0 Å². The first kappa shape index (κ1) is 20.3. The summed E-state index contributed by atoms with van der Waals surface area (Å²) < 4.78 is 33.9. The van der Waals surface area contributed by atoms with Crippen LogP contribution in [-0.4, -0.2) is 19.6 Å². The molecule has 1 fully saturated rings. The molecule has 1 saturated carbocycles. The van der Waals surface area contributed by atoms with Gasteiger partial charge in [0.15, 0.2) is 0 Å². The third kappa shape index (κ3) is 2.95. The summed E-state index contributed by atoms with van der Waals surface area (Å²) in [5.41, 5.74) is 5.01. The Kier molecular flexibility index (Phi) is 4.34. The van der Waals surface area contributed by atoms with Gasteiger partial charge in [-0.3, -0.25) is 0 Å². The van der Waals surface area contributed by atoms with Crippen molar-refractivity contribution in [3.63, 3.8) is 0 Å². The van der Waals surface area contributed by atoms with E-state index in [-0.39, 0.29) is 16.9 Å². The number of anilines is 1. The summed E-state index contributed by atoms with van der Waals surface area (Å²) in [7, 11) is -4.21. The molecule has 2 amide bonds. The average Bonchev–Trinajstić information content (AvgIpc) is 3.50. The number of amides is 2. The van der Waals surface area contributed by atoms with E-state index in [0.29, 0.717) is 11.3 Å². The van der Waals surface area contributed by atoms with Gasteiger partial charge in [-0.2, -0.15) is 8.42 Å². The average molecular weight is 457 g/mol. The third-order valence-electron chi connectivity index (χ3n) is 8.09. The van der Waals surface area contributed by atoms with Crippen LogP contribution in [0.3, 0.4) is 0 Å². The monoisotopic (exact) mass is 456 g/mol. The number of hydrogen-bond acceptors (Lipinski definition) is 5. The van der Waals surface area contributed by atoms with Gasteiger partial charge in [0.25, 0.3) is 10.0 Å². The topological polar surface area (TPSA) is 109 Å². The molecular formula is C24H28N2O5S. The molecule has 170 valence electrons. The predicted octanol–water partition coefficient (Wildman–Crippen LogP) is 3.87. The van der Waals surface area contributed by atoms with Gasteiger partial charge in [-0.15, -0.1) is 0 Å². The Balaban J connectivity index is 1.28. The van der Waals surface area contributed by atoms with Gasteiger partial charge in [-0.25, -0.2) is 9.52 Å². The van der Waals surface area contributed by atoms with Gasteiger partial charge in [-0.05, 0) is 92.9 Å². The number of carbonyl (C=O) groups is 1. The van der Waals surface area contributed by atoms with Crippen molar-refractivity contribution in [2.24, 2.45) is 5.92 Å². The quantitative estimate of drug-likeness (QED) is 0.650. The van der Waals surface area contributed by atoms with E-state index in [1.165, 1.54) is 17.2 Å². The van der Waals surface area contributed by atoms with Crippen molar-refractivity contribution in [1.82, 2.24) is 4.72 Å². The van der Waals surface area contributed by atoms with Gasteiger partial charge in [0.1, 0.15) is 5.76 Å². The zero-order valence-electron chi connectivity index (χ0n) is 18.2. The van der Waals surface area contributed by atoms with Crippen molar-refractivity contribution >= 4 is 21.7 Å². The van der Waals surface area contributed by atoms with Crippen LogP contribution in [0.4, 0.5) is 10.5 Å². The number of sulfonamides is 1. The molecule has 0 aliphatic heterocycles. The third-order valence-corrected chi connectivity index (χ3v) is 9.27. The lowest BCUT2D eigenvalue weighted by Gasteiger charge is -2.33. The fourth-order valence-electron chi connectivity index (χ4n) is 6.44. The Hall–Kier alpha value is -2.32. The van der Waals surface area contributed by atoms with Crippen LogP contribution >= 0.6 is 0 Å². The van der Waals surface area contributed by atoms with E-state index in [2.05, 4.69) is 16.1 Å². The maximum absolute atomic E-state index is 13.0. The molecule has 1 heterocycles. The number of aliphatic hydroxyl groups is 1. The lowest BCUT2D eigenvalue weighted by Crippen LogP contribution is -2.35. The van der Waals surface area contributed by atoms with Crippen LogP contribution < -0.4 is 10.0 Å². The largest absolute Gasteiger partial charge is 0.447 e. The molecule has 1 aromatic heterocycles. The van der Waals surface area contributed by atoms with Crippen molar-refractivity contribution < 1.29 is 22.7 Å². The van der Waals surface area contributed by atoms with Crippen LogP contribution in [0.15, 0.2) is 21.6 Å². The van der Waals surface area contributed by atoms with Crippen molar-refractivity contribution in [3.05, 3.63) is 45.7 Å². The summed E-state index contributed by atoms with van der Waals surface area (Å²) in [6.45, 7) is 1.72. The van der Waals surface area contributed by atoms with Crippen LogP contribution in [0.2, 0.25) is 0 Å². The molecule has 3 N–H and O–H groups in total. The van der Waals surface area contributed by atoms with Crippen LogP contribution in [0, 0.1) is 5.92 Å². The van der Waals surface area contributed by atoms with Crippen molar-refractivity contribution in [2.75, 3.05) is 5.32 Å². The molecule has 4 aliphatic carbocycles. The van der Waals surface area contributed by atoms with E-state index in [1.807, 2.05) is 0 Å². The number of hydrogen-bond donors (Lipinski definition) is 3. The van der Waals surface area contributed by atoms with Gasteiger partial charge < -0.3 is 14.8 Å². The van der Waals surface area contributed by atoms with Crippen LogP contribution in [0.25, 0.3) is 0 Å². The number of aryl methyl sites for hydroxylation is 2. The second kappa shape index (κ2) is 6.84. The second-order valence-corrected chi connectivity index (χ2v) is 11.6. The molecule has 1 aromatic carbocycles. The molecule has 4 aliphatic rings.